The van der Waals surface area contributed by atoms with Crippen molar-refractivity contribution in [2.24, 2.45) is 0 Å². The number of ether oxygens (including phenoxy) is 2. The summed E-state index contributed by atoms with van der Waals surface area (Å²) in [6.07, 6.45) is 0.306. The van der Waals surface area contributed by atoms with Gasteiger partial charge in [0.2, 0.25) is 0 Å². The smallest absolute Gasteiger partial charge is 0.303 e. The molecule has 0 aliphatic heterocycles. The Hall–Kier alpha value is -2.35. The maximum Gasteiger partial charge on any atom is 0.303 e. The van der Waals surface area contributed by atoms with Crippen LogP contribution in [-0.4, -0.2) is 33.8 Å². The van der Waals surface area contributed by atoms with Gasteiger partial charge in [0.25, 0.3) is 5.56 Å². The summed E-state index contributed by atoms with van der Waals surface area (Å²) in [5.41, 5.74) is 0.287. The number of carboxylic acid groups (broad SMARTS) is 1. The molecule has 0 saturated carbocycles. The molecule has 2 aromatic rings. The van der Waals surface area contributed by atoms with Crippen LogP contribution < -0.4 is 15.0 Å². The summed E-state index contributed by atoms with van der Waals surface area (Å²) in [6.45, 7) is 4.87. The normalized spacial score (nSPS) is 10.8. The Labute approximate surface area is 143 Å². The predicted molar refractivity (Wildman–Crippen MR) is 92.6 cm³/mol. The number of nitrogens with one attached hydrogen (secondary N) is 1. The van der Waals surface area contributed by atoms with Crippen LogP contribution in [0.25, 0.3) is 10.9 Å². The number of benzene rings is 1. The Bertz CT molecular complexity index is 856. The zero-order valence-electron chi connectivity index (χ0n) is 13.6. The van der Waals surface area contributed by atoms with Crippen LogP contribution in [0.4, 0.5) is 0 Å². The zero-order chi connectivity index (χ0) is 17.7. The second-order valence-corrected chi connectivity index (χ2v) is 5.48. The SMILES string of the molecule is CCOc1cc2[nH]c(=S)n(CCCC(=O)O)c(=O)c2cc1OCC. The fourth-order valence-corrected chi connectivity index (χ4v) is 2.67. The first-order valence-corrected chi connectivity index (χ1v) is 8.17. The Morgan fingerprint density at radius 1 is 1.25 bits per heavy atom. The van der Waals surface area contributed by atoms with Gasteiger partial charge in [-0.3, -0.25) is 14.2 Å². The van der Waals surface area contributed by atoms with E-state index in [4.69, 9.17) is 26.8 Å². The van der Waals surface area contributed by atoms with Crippen LogP contribution in [0.5, 0.6) is 11.5 Å². The molecule has 24 heavy (non-hydrogen) atoms. The number of nitrogens with zero attached hydrogens (tertiary/aromatic N) is 1. The van der Waals surface area contributed by atoms with Crippen molar-refractivity contribution in [2.45, 2.75) is 33.2 Å². The third-order valence-corrected chi connectivity index (χ3v) is 3.74. The fraction of sp³-hybridized carbons (Fsp3) is 0.438. The number of rotatable bonds is 8. The molecule has 0 atom stereocenters. The summed E-state index contributed by atoms with van der Waals surface area (Å²) in [6, 6.07) is 3.33. The number of aromatic amines is 1. The molecule has 8 heteroatoms. The molecule has 0 aliphatic rings. The second-order valence-electron chi connectivity index (χ2n) is 5.09. The maximum atomic E-state index is 12.7. The predicted octanol–water partition coefficient (Wildman–Crippen LogP) is 2.72. The molecule has 1 heterocycles. The van der Waals surface area contributed by atoms with E-state index in [1.807, 2.05) is 13.8 Å². The van der Waals surface area contributed by atoms with Crippen LogP contribution in [0.1, 0.15) is 26.7 Å². The van der Waals surface area contributed by atoms with Gasteiger partial charge in [0.05, 0.1) is 24.1 Å². The molecular weight excluding hydrogens is 332 g/mol. The van der Waals surface area contributed by atoms with E-state index in [-0.39, 0.29) is 23.3 Å². The van der Waals surface area contributed by atoms with Gasteiger partial charge in [-0.25, -0.2) is 0 Å². The van der Waals surface area contributed by atoms with Crippen LogP contribution in [0, 0.1) is 4.77 Å². The molecule has 1 aromatic heterocycles. The second kappa shape index (κ2) is 7.96. The summed E-state index contributed by atoms with van der Waals surface area (Å²) in [7, 11) is 0. The van der Waals surface area contributed by atoms with Gasteiger partial charge in [-0.2, -0.15) is 0 Å². The van der Waals surface area contributed by atoms with Crippen molar-refractivity contribution in [1.29, 1.82) is 0 Å². The minimum absolute atomic E-state index is 0.0211. The summed E-state index contributed by atoms with van der Waals surface area (Å²) in [4.78, 5) is 26.3. The number of aliphatic carboxylic acids is 1. The largest absolute Gasteiger partial charge is 0.490 e. The molecule has 0 amide bonds. The van der Waals surface area contributed by atoms with Crippen LogP contribution in [0.2, 0.25) is 0 Å². The van der Waals surface area contributed by atoms with Gasteiger partial charge in [-0.05, 0) is 38.6 Å². The first-order valence-electron chi connectivity index (χ1n) is 7.76. The number of carbonyl (C=O) groups is 1. The third kappa shape index (κ3) is 3.94. The van der Waals surface area contributed by atoms with Crippen LogP contribution in [0.3, 0.4) is 0 Å². The van der Waals surface area contributed by atoms with Crippen molar-refractivity contribution in [3.8, 4) is 11.5 Å². The summed E-state index contributed by atoms with van der Waals surface area (Å²) in [5, 5.41) is 9.15. The van der Waals surface area contributed by atoms with E-state index in [9.17, 15) is 9.59 Å². The Morgan fingerprint density at radius 3 is 2.46 bits per heavy atom. The van der Waals surface area contributed by atoms with E-state index in [0.29, 0.717) is 42.0 Å². The molecule has 130 valence electrons. The zero-order valence-corrected chi connectivity index (χ0v) is 14.4. The number of H-pyrrole nitrogens is 1. The molecule has 0 saturated heterocycles. The average molecular weight is 352 g/mol. The third-order valence-electron chi connectivity index (χ3n) is 3.42. The molecule has 7 nitrogen and oxygen atoms in total. The molecule has 0 radical (unpaired) electrons. The fourth-order valence-electron chi connectivity index (χ4n) is 2.39. The van der Waals surface area contributed by atoms with Gasteiger partial charge in [0.1, 0.15) is 0 Å². The highest BCUT2D eigenvalue weighted by molar-refractivity contribution is 7.71. The molecule has 0 aliphatic carbocycles. The van der Waals surface area contributed by atoms with E-state index in [0.717, 1.165) is 0 Å². The minimum Gasteiger partial charge on any atom is -0.490 e. The molecule has 2 rings (SSSR count). The van der Waals surface area contributed by atoms with Gasteiger partial charge < -0.3 is 19.6 Å². The summed E-state index contributed by atoms with van der Waals surface area (Å²) in [5.74, 6) is 0.130. The topological polar surface area (TPSA) is 93.5 Å². The Balaban J connectivity index is 2.52. The lowest BCUT2D eigenvalue weighted by molar-refractivity contribution is -0.137. The first kappa shape index (κ1) is 18.0. The summed E-state index contributed by atoms with van der Waals surface area (Å²) < 4.78 is 12.7. The minimum atomic E-state index is -0.904. The maximum absolute atomic E-state index is 12.7. The van der Waals surface area contributed by atoms with Crippen molar-refractivity contribution in [2.75, 3.05) is 13.2 Å². The monoisotopic (exact) mass is 352 g/mol. The number of aromatic nitrogens is 2. The quantitative estimate of drug-likeness (QED) is 0.710. The molecule has 1 aromatic carbocycles. The number of fused-ring (bicyclic) bond motifs is 1. The van der Waals surface area contributed by atoms with Crippen LogP contribution in [0.15, 0.2) is 16.9 Å². The lowest BCUT2D eigenvalue weighted by atomic mass is 10.2. The molecular formula is C16H20N2O5S. The van der Waals surface area contributed by atoms with Gasteiger partial charge >= 0.3 is 5.97 Å². The van der Waals surface area contributed by atoms with E-state index in [2.05, 4.69) is 4.98 Å². The van der Waals surface area contributed by atoms with E-state index >= 15 is 0 Å². The first-order chi connectivity index (χ1) is 11.5. The van der Waals surface area contributed by atoms with Gasteiger partial charge in [0.15, 0.2) is 16.3 Å². The number of hydrogen-bond donors (Lipinski definition) is 2. The highest BCUT2D eigenvalue weighted by Crippen LogP contribution is 2.30. The van der Waals surface area contributed by atoms with Crippen molar-refractivity contribution in [3.63, 3.8) is 0 Å². The van der Waals surface area contributed by atoms with E-state index < -0.39 is 5.97 Å². The molecule has 0 fully saturated rings. The molecule has 0 spiro atoms. The van der Waals surface area contributed by atoms with Crippen molar-refractivity contribution in [1.82, 2.24) is 9.55 Å². The van der Waals surface area contributed by atoms with Gasteiger partial charge in [-0.1, -0.05) is 0 Å². The van der Waals surface area contributed by atoms with E-state index in [1.54, 1.807) is 12.1 Å². The molecule has 0 unspecified atom stereocenters. The van der Waals surface area contributed by atoms with Crippen molar-refractivity contribution in [3.05, 3.63) is 27.3 Å². The van der Waals surface area contributed by atoms with E-state index in [1.165, 1.54) is 4.57 Å². The Morgan fingerprint density at radius 2 is 1.88 bits per heavy atom. The lowest BCUT2D eigenvalue weighted by Gasteiger charge is -2.13. The molecule has 0 bridgehead atoms. The highest BCUT2D eigenvalue weighted by atomic mass is 32.1. The van der Waals surface area contributed by atoms with Gasteiger partial charge in [0, 0.05) is 19.0 Å². The number of carboxylic acids is 1. The van der Waals surface area contributed by atoms with Crippen molar-refractivity contribution < 1.29 is 19.4 Å². The summed E-state index contributed by atoms with van der Waals surface area (Å²) >= 11 is 5.23. The molecule has 2 N–H and O–H groups in total. The van der Waals surface area contributed by atoms with Gasteiger partial charge in [-0.15, -0.1) is 0 Å². The average Bonchev–Trinajstić information content (AvgIpc) is 2.52. The van der Waals surface area contributed by atoms with Crippen LogP contribution in [-0.2, 0) is 11.3 Å². The standard InChI is InChI=1S/C16H20N2O5S/c1-3-22-12-8-10-11(9-13(12)23-4-2)17-16(24)18(15(10)21)7-5-6-14(19)20/h8-9H,3-7H2,1-2H3,(H,17,24)(H,19,20). The Kier molecular flexibility index (Phi) is 5.97. The van der Waals surface area contributed by atoms with Crippen LogP contribution >= 0.6 is 12.2 Å². The lowest BCUT2D eigenvalue weighted by Crippen LogP contribution is -2.22. The number of hydrogen-bond acceptors (Lipinski definition) is 5. The van der Waals surface area contributed by atoms with Crippen molar-refractivity contribution >= 4 is 29.1 Å². The highest BCUT2D eigenvalue weighted by Gasteiger charge is 2.12.